The summed E-state index contributed by atoms with van der Waals surface area (Å²) in [6.07, 6.45) is 0. The van der Waals surface area contributed by atoms with E-state index in [-0.39, 0.29) is 18.0 Å². The van der Waals surface area contributed by atoms with Crippen molar-refractivity contribution in [3.63, 3.8) is 0 Å². The molecule has 1 atom stereocenters. The largest absolute Gasteiger partial charge is 0.349 e. The van der Waals surface area contributed by atoms with Gasteiger partial charge in [0.1, 0.15) is 16.5 Å². The van der Waals surface area contributed by atoms with Crippen molar-refractivity contribution in [3.05, 3.63) is 69.6 Å². The van der Waals surface area contributed by atoms with Crippen LogP contribution in [0.4, 0.5) is 8.78 Å². The number of nitrogens with one attached hydrogen (secondary N) is 1. The van der Waals surface area contributed by atoms with Gasteiger partial charge in [-0.25, -0.2) is 8.78 Å². The number of halogens is 3. The van der Waals surface area contributed by atoms with E-state index < -0.39 is 17.7 Å². The number of fused-ring (bicyclic) bond motifs is 1. The molecule has 0 bridgehead atoms. The smallest absolute Gasteiger partial charge is 0.262 e. The van der Waals surface area contributed by atoms with E-state index in [9.17, 15) is 13.6 Å². The number of amides is 1. The number of carbonyl (C=O) groups excluding carboxylic acids is 1. The second-order valence-corrected chi connectivity index (χ2v) is 7.50. The van der Waals surface area contributed by atoms with E-state index in [0.29, 0.717) is 9.90 Å². The maximum Gasteiger partial charge on any atom is 0.262 e. The first-order valence-corrected chi connectivity index (χ1v) is 9.15. The zero-order valence-corrected chi connectivity index (χ0v) is 15.8. The van der Waals surface area contributed by atoms with Gasteiger partial charge in [0.2, 0.25) is 0 Å². The van der Waals surface area contributed by atoms with E-state index >= 15 is 0 Å². The number of likely N-dealkylation sites (N-methyl/N-ethyl adjacent to an activating group) is 1. The zero-order valence-electron chi connectivity index (χ0n) is 14.2. The maximum absolute atomic E-state index is 14.1. The van der Waals surface area contributed by atoms with Crippen molar-refractivity contribution in [2.75, 3.05) is 20.6 Å². The Morgan fingerprint density at radius 1 is 1.15 bits per heavy atom. The SMILES string of the molecule is CN(C)C(CNC(=O)c1sc2ccccc2c1Cl)c1c(F)cccc1F. The molecule has 0 spiro atoms. The van der Waals surface area contributed by atoms with Crippen LogP contribution in [0.5, 0.6) is 0 Å². The Balaban J connectivity index is 1.83. The molecule has 2 aromatic carbocycles. The van der Waals surface area contributed by atoms with Gasteiger partial charge in [0.15, 0.2) is 0 Å². The van der Waals surface area contributed by atoms with E-state index in [2.05, 4.69) is 5.32 Å². The predicted molar refractivity (Wildman–Crippen MR) is 102 cm³/mol. The molecule has 3 nitrogen and oxygen atoms in total. The first-order chi connectivity index (χ1) is 12.4. The van der Waals surface area contributed by atoms with Crippen LogP contribution in [0, 0.1) is 11.6 Å². The van der Waals surface area contributed by atoms with Crippen molar-refractivity contribution in [1.29, 1.82) is 0 Å². The summed E-state index contributed by atoms with van der Waals surface area (Å²) in [6.45, 7) is 0.0499. The highest BCUT2D eigenvalue weighted by Crippen LogP contribution is 2.35. The van der Waals surface area contributed by atoms with Crippen LogP contribution in [0.2, 0.25) is 5.02 Å². The molecule has 1 unspecified atom stereocenters. The standard InChI is InChI=1S/C19H17ClF2N2OS/c1-24(2)14(16-12(21)7-5-8-13(16)22)10-23-19(25)18-17(20)11-6-3-4-9-15(11)26-18/h3-9,14H,10H2,1-2H3,(H,23,25). The maximum atomic E-state index is 14.1. The number of hydrogen-bond donors (Lipinski definition) is 1. The van der Waals surface area contributed by atoms with Crippen LogP contribution in [0.15, 0.2) is 42.5 Å². The van der Waals surface area contributed by atoms with Crippen molar-refractivity contribution in [3.8, 4) is 0 Å². The molecule has 0 aliphatic heterocycles. The van der Waals surface area contributed by atoms with E-state index in [4.69, 9.17) is 11.6 Å². The second-order valence-electron chi connectivity index (χ2n) is 6.07. The molecule has 26 heavy (non-hydrogen) atoms. The van der Waals surface area contributed by atoms with Gasteiger partial charge in [-0.15, -0.1) is 11.3 Å². The lowest BCUT2D eigenvalue weighted by Crippen LogP contribution is -2.35. The van der Waals surface area contributed by atoms with Crippen LogP contribution >= 0.6 is 22.9 Å². The fourth-order valence-corrected chi connectivity index (χ4v) is 4.23. The summed E-state index contributed by atoms with van der Waals surface area (Å²) in [4.78, 5) is 14.6. The molecule has 1 aromatic heterocycles. The number of benzene rings is 2. The number of nitrogens with zero attached hydrogens (tertiary/aromatic N) is 1. The summed E-state index contributed by atoms with van der Waals surface area (Å²) in [5, 5.41) is 3.95. The average molecular weight is 395 g/mol. The van der Waals surface area contributed by atoms with Crippen molar-refractivity contribution in [2.24, 2.45) is 0 Å². The van der Waals surface area contributed by atoms with Gasteiger partial charge in [0.05, 0.1) is 11.1 Å². The summed E-state index contributed by atoms with van der Waals surface area (Å²) in [5.74, 6) is -1.64. The Bertz CT molecular complexity index is 938. The molecule has 0 aliphatic rings. The summed E-state index contributed by atoms with van der Waals surface area (Å²) in [5.41, 5.74) is -0.0692. The summed E-state index contributed by atoms with van der Waals surface area (Å²) in [7, 11) is 3.41. The van der Waals surface area contributed by atoms with E-state index in [1.807, 2.05) is 24.3 Å². The first-order valence-electron chi connectivity index (χ1n) is 7.95. The number of rotatable bonds is 5. The van der Waals surface area contributed by atoms with Crippen molar-refractivity contribution in [1.82, 2.24) is 10.2 Å². The average Bonchev–Trinajstić information content (AvgIpc) is 2.94. The first kappa shape index (κ1) is 18.8. The van der Waals surface area contributed by atoms with Gasteiger partial charge in [-0.1, -0.05) is 35.9 Å². The van der Waals surface area contributed by atoms with E-state index in [1.165, 1.54) is 29.5 Å². The Morgan fingerprint density at radius 3 is 2.42 bits per heavy atom. The van der Waals surface area contributed by atoms with E-state index in [0.717, 1.165) is 10.1 Å². The highest BCUT2D eigenvalue weighted by atomic mass is 35.5. The van der Waals surface area contributed by atoms with Crippen LogP contribution < -0.4 is 5.32 Å². The van der Waals surface area contributed by atoms with Crippen LogP contribution in [0.25, 0.3) is 10.1 Å². The number of thiophene rings is 1. The molecule has 0 saturated carbocycles. The third kappa shape index (κ3) is 3.58. The monoisotopic (exact) mass is 394 g/mol. The molecule has 7 heteroatoms. The lowest BCUT2D eigenvalue weighted by atomic mass is 10.0. The van der Waals surface area contributed by atoms with Crippen molar-refractivity contribution in [2.45, 2.75) is 6.04 Å². The minimum Gasteiger partial charge on any atom is -0.349 e. The fourth-order valence-electron chi connectivity index (χ4n) is 2.80. The zero-order chi connectivity index (χ0) is 18.8. The highest BCUT2D eigenvalue weighted by Gasteiger charge is 2.24. The molecule has 0 aliphatic carbocycles. The Labute approximate surface area is 159 Å². The van der Waals surface area contributed by atoms with Crippen LogP contribution in [-0.2, 0) is 0 Å². The van der Waals surface area contributed by atoms with Gasteiger partial charge in [-0.05, 0) is 32.3 Å². The minimum absolute atomic E-state index is 0.0499. The van der Waals surface area contributed by atoms with Crippen molar-refractivity contribution < 1.29 is 13.6 Å². The van der Waals surface area contributed by atoms with E-state index in [1.54, 1.807) is 19.0 Å². The van der Waals surface area contributed by atoms with Gasteiger partial charge in [-0.3, -0.25) is 4.79 Å². The van der Waals surface area contributed by atoms with Crippen molar-refractivity contribution >= 4 is 38.9 Å². The van der Waals surface area contributed by atoms with Gasteiger partial charge in [0, 0.05) is 22.2 Å². The molecule has 3 aromatic rings. The van der Waals surface area contributed by atoms with Crippen LogP contribution in [0.3, 0.4) is 0 Å². The number of carbonyl (C=O) groups is 1. The van der Waals surface area contributed by atoms with Gasteiger partial charge in [0.25, 0.3) is 5.91 Å². The lowest BCUT2D eigenvalue weighted by molar-refractivity contribution is 0.0945. The third-order valence-corrected chi connectivity index (χ3v) is 5.83. The molecule has 3 rings (SSSR count). The van der Waals surface area contributed by atoms with Crippen LogP contribution in [0.1, 0.15) is 21.3 Å². The Hall–Kier alpha value is -2.02. The molecule has 0 radical (unpaired) electrons. The lowest BCUT2D eigenvalue weighted by Gasteiger charge is -2.25. The number of hydrogen-bond acceptors (Lipinski definition) is 3. The topological polar surface area (TPSA) is 32.3 Å². The molecular formula is C19H17ClF2N2OS. The molecule has 1 N–H and O–H groups in total. The summed E-state index contributed by atoms with van der Waals surface area (Å²) < 4.78 is 29.1. The molecule has 0 saturated heterocycles. The molecule has 136 valence electrons. The molecular weight excluding hydrogens is 378 g/mol. The normalized spacial score (nSPS) is 12.5. The molecule has 1 heterocycles. The van der Waals surface area contributed by atoms with Crippen LogP contribution in [-0.4, -0.2) is 31.4 Å². The third-order valence-electron chi connectivity index (χ3n) is 4.15. The Kier molecular flexibility index (Phi) is 5.55. The quantitative estimate of drug-likeness (QED) is 0.669. The second kappa shape index (κ2) is 7.70. The Morgan fingerprint density at radius 2 is 1.81 bits per heavy atom. The minimum atomic E-state index is -0.645. The molecule has 0 fully saturated rings. The highest BCUT2D eigenvalue weighted by molar-refractivity contribution is 7.21. The molecule has 1 amide bonds. The van der Waals surface area contributed by atoms with Gasteiger partial charge >= 0.3 is 0 Å². The van der Waals surface area contributed by atoms with Gasteiger partial charge in [-0.2, -0.15) is 0 Å². The summed E-state index contributed by atoms with van der Waals surface area (Å²) >= 11 is 7.60. The fraction of sp³-hybridized carbons (Fsp3) is 0.211. The predicted octanol–water partition coefficient (Wildman–Crippen LogP) is 4.87. The summed E-state index contributed by atoms with van der Waals surface area (Å²) in [6, 6.07) is 10.6. The van der Waals surface area contributed by atoms with Gasteiger partial charge < -0.3 is 10.2 Å².